The van der Waals surface area contributed by atoms with Gasteiger partial charge in [-0.05, 0) is 85.3 Å². The number of hydrogen-bond donors (Lipinski definition) is 0. The van der Waals surface area contributed by atoms with Gasteiger partial charge in [0.05, 0.1) is 5.56 Å². The zero-order valence-corrected chi connectivity index (χ0v) is 15.7. The minimum atomic E-state index is -0.561. The van der Waals surface area contributed by atoms with Gasteiger partial charge < -0.3 is 0 Å². The van der Waals surface area contributed by atoms with Crippen LogP contribution < -0.4 is 0 Å². The number of allylic oxidation sites excluding steroid dienone is 2. The number of hydrogen-bond acceptors (Lipinski definition) is 0. The zero-order chi connectivity index (χ0) is 19.0. The van der Waals surface area contributed by atoms with E-state index in [2.05, 4.69) is 13.0 Å². The molecule has 142 valence electrons. The predicted octanol–water partition coefficient (Wildman–Crippen LogP) is 7.01. The maximum atomic E-state index is 15.1. The van der Waals surface area contributed by atoms with Gasteiger partial charge >= 0.3 is 0 Å². The minimum Gasteiger partial charge on any atom is -0.207 e. The summed E-state index contributed by atoms with van der Waals surface area (Å²) in [5.74, 6) is -0.0759. The molecule has 0 atom stereocenters. The summed E-state index contributed by atoms with van der Waals surface area (Å²) >= 11 is 0. The molecule has 1 saturated carbocycles. The first-order valence-corrected chi connectivity index (χ1v) is 10.0. The lowest BCUT2D eigenvalue weighted by Crippen LogP contribution is -2.19. The third-order valence-corrected chi connectivity index (χ3v) is 6.46. The van der Waals surface area contributed by atoms with Crippen molar-refractivity contribution in [2.75, 3.05) is 0 Å². The van der Waals surface area contributed by atoms with Crippen molar-refractivity contribution >= 4 is 0 Å². The van der Waals surface area contributed by atoms with Crippen molar-refractivity contribution in [2.24, 2.45) is 11.8 Å². The molecule has 0 bridgehead atoms. The molecule has 0 unspecified atom stereocenters. The minimum absolute atomic E-state index is 0.0472. The molecule has 2 aromatic carbocycles. The topological polar surface area (TPSA) is 0 Å². The molecule has 2 aliphatic rings. The van der Waals surface area contributed by atoms with Crippen molar-refractivity contribution in [1.82, 2.24) is 0 Å². The predicted molar refractivity (Wildman–Crippen MR) is 103 cm³/mol. The first-order valence-electron chi connectivity index (χ1n) is 10.0. The fourth-order valence-electron chi connectivity index (χ4n) is 4.75. The van der Waals surface area contributed by atoms with Crippen molar-refractivity contribution in [2.45, 2.75) is 51.9 Å². The lowest BCUT2D eigenvalue weighted by Gasteiger charge is -2.32. The van der Waals surface area contributed by atoms with Crippen LogP contribution in [0, 0.1) is 29.3 Å². The summed E-state index contributed by atoms with van der Waals surface area (Å²) < 4.78 is 43.0. The van der Waals surface area contributed by atoms with E-state index in [0.717, 1.165) is 11.5 Å². The van der Waals surface area contributed by atoms with Gasteiger partial charge in [0.15, 0.2) is 0 Å². The number of fused-ring (bicyclic) bond motifs is 1. The van der Waals surface area contributed by atoms with Crippen LogP contribution in [0.1, 0.15) is 50.2 Å². The van der Waals surface area contributed by atoms with Crippen molar-refractivity contribution < 1.29 is 13.2 Å². The summed E-state index contributed by atoms with van der Waals surface area (Å²) in [5, 5.41) is 0. The Bertz CT molecular complexity index is 856. The van der Waals surface area contributed by atoms with E-state index in [4.69, 9.17) is 0 Å². The Morgan fingerprint density at radius 3 is 2.33 bits per heavy atom. The van der Waals surface area contributed by atoms with Crippen molar-refractivity contribution in [1.29, 1.82) is 0 Å². The van der Waals surface area contributed by atoms with E-state index in [1.807, 2.05) is 0 Å². The molecular weight excluding hydrogens is 345 g/mol. The van der Waals surface area contributed by atoms with Crippen LogP contribution in [0.15, 0.2) is 42.0 Å². The average Bonchev–Trinajstić information content (AvgIpc) is 2.69. The van der Waals surface area contributed by atoms with E-state index in [1.165, 1.54) is 68.0 Å². The van der Waals surface area contributed by atoms with Gasteiger partial charge in [0.1, 0.15) is 17.5 Å². The maximum Gasteiger partial charge on any atom is 0.137 e. The number of rotatable bonds is 3. The Morgan fingerprint density at radius 2 is 1.67 bits per heavy atom. The van der Waals surface area contributed by atoms with Gasteiger partial charge in [-0.3, -0.25) is 0 Å². The molecule has 0 aromatic heterocycles. The second kappa shape index (κ2) is 7.53. The normalized spacial score (nSPS) is 22.3. The average molecular weight is 370 g/mol. The van der Waals surface area contributed by atoms with E-state index >= 15 is 4.39 Å². The van der Waals surface area contributed by atoms with Gasteiger partial charge in [-0.15, -0.1) is 0 Å². The van der Waals surface area contributed by atoms with Gasteiger partial charge in [0.25, 0.3) is 0 Å². The molecule has 2 aromatic rings. The Labute approximate surface area is 159 Å². The summed E-state index contributed by atoms with van der Waals surface area (Å²) in [7, 11) is 0. The van der Waals surface area contributed by atoms with Gasteiger partial charge in [0, 0.05) is 0 Å². The summed E-state index contributed by atoms with van der Waals surface area (Å²) in [5.41, 5.74) is 3.04. The Morgan fingerprint density at radius 1 is 0.963 bits per heavy atom. The quantitative estimate of drug-likeness (QED) is 0.510. The molecule has 0 aliphatic heterocycles. The van der Waals surface area contributed by atoms with Crippen LogP contribution in [-0.4, -0.2) is 0 Å². The molecule has 0 radical (unpaired) electrons. The maximum absolute atomic E-state index is 15.1. The molecule has 4 rings (SSSR count). The van der Waals surface area contributed by atoms with E-state index in [1.54, 1.807) is 0 Å². The molecule has 0 saturated heterocycles. The van der Waals surface area contributed by atoms with Crippen LogP contribution >= 0.6 is 0 Å². The largest absolute Gasteiger partial charge is 0.207 e. The first kappa shape index (κ1) is 18.3. The van der Waals surface area contributed by atoms with Crippen LogP contribution in [0.3, 0.4) is 0 Å². The highest BCUT2D eigenvalue weighted by Gasteiger charge is 2.27. The summed E-state index contributed by atoms with van der Waals surface area (Å²) in [6, 6.07) is 6.82. The molecule has 3 heteroatoms. The fraction of sp³-hybridized carbons (Fsp3) is 0.417. The Balaban J connectivity index is 1.60. The first-order chi connectivity index (χ1) is 13.1. The number of halogens is 3. The summed E-state index contributed by atoms with van der Waals surface area (Å²) in [6.45, 7) is 2.26. The molecule has 1 fully saturated rings. The lowest BCUT2D eigenvalue weighted by molar-refractivity contribution is 0.292. The summed E-state index contributed by atoms with van der Waals surface area (Å²) in [6.07, 6.45) is 9.48. The monoisotopic (exact) mass is 370 g/mol. The molecule has 27 heavy (non-hydrogen) atoms. The number of benzene rings is 2. The molecule has 0 N–H and O–H groups in total. The van der Waals surface area contributed by atoms with Gasteiger partial charge in [-0.2, -0.15) is 0 Å². The molecule has 0 heterocycles. The van der Waals surface area contributed by atoms with Crippen LogP contribution in [0.5, 0.6) is 0 Å². The smallest absolute Gasteiger partial charge is 0.137 e. The van der Waals surface area contributed by atoms with E-state index in [-0.39, 0.29) is 5.56 Å². The Hall–Kier alpha value is -2.03. The van der Waals surface area contributed by atoms with Crippen molar-refractivity contribution in [3.8, 4) is 11.1 Å². The van der Waals surface area contributed by atoms with Crippen LogP contribution in [-0.2, 0) is 12.8 Å². The van der Waals surface area contributed by atoms with Crippen molar-refractivity contribution in [3.63, 3.8) is 0 Å². The SMILES string of the molecule is CCC1CCC(C2=CCc3c(cc(F)c(-c4ccc(F)cc4)c3F)C2)CC1. The third-order valence-electron chi connectivity index (χ3n) is 6.46. The molecular formula is C24H25F3. The van der Waals surface area contributed by atoms with E-state index in [9.17, 15) is 8.78 Å². The highest BCUT2D eigenvalue weighted by atomic mass is 19.1. The second-order valence-electron chi connectivity index (χ2n) is 7.98. The third kappa shape index (κ3) is 3.56. The molecule has 0 spiro atoms. The zero-order valence-electron chi connectivity index (χ0n) is 15.7. The van der Waals surface area contributed by atoms with Gasteiger partial charge in [-0.1, -0.05) is 37.1 Å². The molecule has 0 nitrogen and oxygen atoms in total. The molecule has 0 amide bonds. The summed E-state index contributed by atoms with van der Waals surface area (Å²) in [4.78, 5) is 0. The standard InChI is InChI=1S/C24H25F3/c1-2-15-3-5-16(6-4-15)18-9-12-21-19(13-18)14-22(26)23(24(21)27)17-7-10-20(25)11-8-17/h7-11,14-16H,2-6,12-13H2,1H3. The lowest BCUT2D eigenvalue weighted by atomic mass is 9.74. The van der Waals surface area contributed by atoms with Crippen LogP contribution in [0.25, 0.3) is 11.1 Å². The molecule has 2 aliphatic carbocycles. The van der Waals surface area contributed by atoms with E-state index in [0.29, 0.717) is 29.9 Å². The van der Waals surface area contributed by atoms with Gasteiger partial charge in [-0.25, -0.2) is 13.2 Å². The Kier molecular flexibility index (Phi) is 5.12. The van der Waals surface area contributed by atoms with E-state index < -0.39 is 17.5 Å². The highest BCUT2D eigenvalue weighted by molar-refractivity contribution is 5.67. The van der Waals surface area contributed by atoms with Crippen LogP contribution in [0.2, 0.25) is 0 Å². The fourth-order valence-corrected chi connectivity index (χ4v) is 4.75. The second-order valence-corrected chi connectivity index (χ2v) is 7.98. The van der Waals surface area contributed by atoms with Gasteiger partial charge in [0.2, 0.25) is 0 Å². The van der Waals surface area contributed by atoms with Crippen LogP contribution in [0.4, 0.5) is 13.2 Å². The highest BCUT2D eigenvalue weighted by Crippen LogP contribution is 2.40. The van der Waals surface area contributed by atoms with Crippen molar-refractivity contribution in [3.05, 3.63) is 70.6 Å².